The van der Waals surface area contributed by atoms with Crippen molar-refractivity contribution < 1.29 is 9.90 Å². The van der Waals surface area contributed by atoms with E-state index in [1.807, 2.05) is 13.8 Å². The maximum atomic E-state index is 12.5. The molecule has 6 nitrogen and oxygen atoms in total. The molecule has 0 saturated heterocycles. The third kappa shape index (κ3) is 3.40. The van der Waals surface area contributed by atoms with E-state index in [4.69, 9.17) is 0 Å². The standard InChI is InChI=1S/C13H21N3O3S/c1-5-13(6-2,7-17)16-10(18)9-8(3)14-12(19)15-11(9)20-4/h17H,5-7H2,1-4H3,(H,16,18)(H,14,15,19). The zero-order valence-electron chi connectivity index (χ0n) is 12.2. The monoisotopic (exact) mass is 299 g/mol. The molecule has 0 aliphatic rings. The summed E-state index contributed by atoms with van der Waals surface area (Å²) in [5, 5.41) is 12.8. The van der Waals surface area contributed by atoms with Gasteiger partial charge in [0.05, 0.1) is 17.7 Å². The van der Waals surface area contributed by atoms with Crippen LogP contribution in [0.1, 0.15) is 42.7 Å². The number of nitrogens with one attached hydrogen (secondary N) is 2. The van der Waals surface area contributed by atoms with Gasteiger partial charge >= 0.3 is 5.69 Å². The number of amides is 1. The molecule has 1 heterocycles. The Hall–Kier alpha value is -1.34. The number of H-pyrrole nitrogens is 1. The lowest BCUT2D eigenvalue weighted by Crippen LogP contribution is -2.51. The minimum atomic E-state index is -0.644. The van der Waals surface area contributed by atoms with E-state index in [1.54, 1.807) is 13.2 Å². The number of aromatic amines is 1. The highest BCUT2D eigenvalue weighted by Crippen LogP contribution is 2.21. The van der Waals surface area contributed by atoms with Gasteiger partial charge in [0.2, 0.25) is 0 Å². The maximum Gasteiger partial charge on any atom is 0.346 e. The van der Waals surface area contributed by atoms with Crippen molar-refractivity contribution in [2.24, 2.45) is 0 Å². The van der Waals surface area contributed by atoms with Crippen LogP contribution in [0.25, 0.3) is 0 Å². The van der Waals surface area contributed by atoms with Crippen LogP contribution in [0.5, 0.6) is 0 Å². The van der Waals surface area contributed by atoms with Crippen LogP contribution in [-0.4, -0.2) is 39.4 Å². The molecule has 0 aliphatic heterocycles. The number of aliphatic hydroxyl groups excluding tert-OH is 1. The number of hydrogen-bond acceptors (Lipinski definition) is 5. The number of nitrogens with zero attached hydrogens (tertiary/aromatic N) is 1. The van der Waals surface area contributed by atoms with E-state index in [0.717, 1.165) is 0 Å². The minimum Gasteiger partial charge on any atom is -0.394 e. The van der Waals surface area contributed by atoms with Crippen molar-refractivity contribution in [3.63, 3.8) is 0 Å². The fraction of sp³-hybridized carbons (Fsp3) is 0.615. The van der Waals surface area contributed by atoms with Gasteiger partial charge in [-0.2, -0.15) is 4.98 Å². The summed E-state index contributed by atoms with van der Waals surface area (Å²) in [6.45, 7) is 5.35. The molecular weight excluding hydrogens is 278 g/mol. The minimum absolute atomic E-state index is 0.129. The molecule has 0 atom stereocenters. The topological polar surface area (TPSA) is 95.1 Å². The van der Waals surface area contributed by atoms with Crippen molar-refractivity contribution in [3.8, 4) is 0 Å². The number of hydrogen-bond donors (Lipinski definition) is 3. The Balaban J connectivity index is 3.19. The molecule has 1 rings (SSSR count). The third-order valence-corrected chi connectivity index (χ3v) is 4.22. The van der Waals surface area contributed by atoms with Gasteiger partial charge in [-0.05, 0) is 26.0 Å². The number of aromatic nitrogens is 2. The number of thioether (sulfide) groups is 1. The molecule has 0 spiro atoms. The molecule has 1 aromatic heterocycles. The lowest BCUT2D eigenvalue weighted by atomic mass is 9.93. The SMILES string of the molecule is CCC(CC)(CO)NC(=O)c1c(SC)nc(=O)[nH]c1C. The Bertz CT molecular complexity index is 530. The Morgan fingerprint density at radius 2 is 2.05 bits per heavy atom. The first kappa shape index (κ1) is 16.7. The molecule has 1 amide bonds. The van der Waals surface area contributed by atoms with Gasteiger partial charge in [-0.15, -0.1) is 11.8 Å². The van der Waals surface area contributed by atoms with Crippen LogP contribution >= 0.6 is 11.8 Å². The molecule has 20 heavy (non-hydrogen) atoms. The summed E-state index contributed by atoms with van der Waals surface area (Å²) in [6.07, 6.45) is 3.00. The van der Waals surface area contributed by atoms with Crippen LogP contribution in [0.2, 0.25) is 0 Å². The van der Waals surface area contributed by atoms with Crippen molar-refractivity contribution in [1.82, 2.24) is 15.3 Å². The van der Waals surface area contributed by atoms with Gasteiger partial charge in [0.25, 0.3) is 5.91 Å². The molecule has 0 unspecified atom stereocenters. The van der Waals surface area contributed by atoms with Crippen LogP contribution in [0.4, 0.5) is 0 Å². The smallest absolute Gasteiger partial charge is 0.346 e. The van der Waals surface area contributed by atoms with Gasteiger partial charge in [-0.3, -0.25) is 4.79 Å². The van der Waals surface area contributed by atoms with Crippen molar-refractivity contribution in [1.29, 1.82) is 0 Å². The molecular formula is C13H21N3O3S. The maximum absolute atomic E-state index is 12.5. The fourth-order valence-corrected chi connectivity index (χ4v) is 2.59. The summed E-state index contributed by atoms with van der Waals surface area (Å²) in [5.41, 5.74) is -0.277. The highest BCUT2D eigenvalue weighted by Gasteiger charge is 2.29. The lowest BCUT2D eigenvalue weighted by Gasteiger charge is -2.31. The van der Waals surface area contributed by atoms with Crippen molar-refractivity contribution in [2.75, 3.05) is 12.9 Å². The summed E-state index contributed by atoms with van der Waals surface area (Å²) in [7, 11) is 0. The molecule has 0 bridgehead atoms. The summed E-state index contributed by atoms with van der Waals surface area (Å²) in [6, 6.07) is 0. The van der Waals surface area contributed by atoms with Crippen molar-refractivity contribution in [3.05, 3.63) is 21.7 Å². The molecule has 0 radical (unpaired) electrons. The van der Waals surface area contributed by atoms with Crippen LogP contribution < -0.4 is 11.0 Å². The summed E-state index contributed by atoms with van der Waals surface area (Å²) in [5.74, 6) is -0.326. The van der Waals surface area contributed by atoms with E-state index in [9.17, 15) is 14.7 Å². The number of carbonyl (C=O) groups is 1. The molecule has 1 aromatic rings. The molecule has 0 aromatic carbocycles. The predicted octanol–water partition coefficient (Wildman–Crippen LogP) is 1.08. The molecule has 0 saturated carbocycles. The third-order valence-electron chi connectivity index (χ3n) is 3.54. The normalized spacial score (nSPS) is 11.4. The Morgan fingerprint density at radius 1 is 1.45 bits per heavy atom. The van der Waals surface area contributed by atoms with Gasteiger partial charge in [0.1, 0.15) is 5.03 Å². The van der Waals surface area contributed by atoms with Gasteiger partial charge in [-0.25, -0.2) is 4.79 Å². The van der Waals surface area contributed by atoms with E-state index in [2.05, 4.69) is 15.3 Å². The average Bonchev–Trinajstić information content (AvgIpc) is 2.43. The first-order valence-electron chi connectivity index (χ1n) is 6.51. The highest BCUT2D eigenvalue weighted by molar-refractivity contribution is 7.98. The highest BCUT2D eigenvalue weighted by atomic mass is 32.2. The van der Waals surface area contributed by atoms with Crippen LogP contribution in [0.3, 0.4) is 0 Å². The number of aryl methyl sites for hydroxylation is 1. The average molecular weight is 299 g/mol. The number of rotatable bonds is 6. The molecule has 0 fully saturated rings. The largest absolute Gasteiger partial charge is 0.394 e. The summed E-state index contributed by atoms with van der Waals surface area (Å²) < 4.78 is 0. The summed E-state index contributed by atoms with van der Waals surface area (Å²) >= 11 is 1.25. The van der Waals surface area contributed by atoms with Crippen LogP contribution in [-0.2, 0) is 0 Å². The van der Waals surface area contributed by atoms with Gasteiger partial charge in [-0.1, -0.05) is 13.8 Å². The van der Waals surface area contributed by atoms with Gasteiger partial charge < -0.3 is 15.4 Å². The van der Waals surface area contributed by atoms with E-state index >= 15 is 0 Å². The zero-order chi connectivity index (χ0) is 15.3. The lowest BCUT2D eigenvalue weighted by molar-refractivity contribution is 0.0813. The molecule has 112 valence electrons. The summed E-state index contributed by atoms with van der Waals surface area (Å²) in [4.78, 5) is 30.1. The van der Waals surface area contributed by atoms with E-state index < -0.39 is 11.2 Å². The first-order chi connectivity index (χ1) is 9.42. The second kappa shape index (κ2) is 6.90. The zero-order valence-corrected chi connectivity index (χ0v) is 13.1. The van der Waals surface area contributed by atoms with E-state index in [-0.39, 0.29) is 12.5 Å². The second-order valence-corrected chi connectivity index (χ2v) is 5.45. The Morgan fingerprint density at radius 3 is 2.50 bits per heavy atom. The van der Waals surface area contributed by atoms with Crippen LogP contribution in [0, 0.1) is 6.92 Å². The Labute approximate surface area is 122 Å². The van der Waals surface area contributed by atoms with E-state index in [1.165, 1.54) is 11.8 Å². The Kier molecular flexibility index (Phi) is 5.76. The fourth-order valence-electron chi connectivity index (χ4n) is 1.97. The van der Waals surface area contributed by atoms with E-state index in [0.29, 0.717) is 29.1 Å². The quantitative estimate of drug-likeness (QED) is 0.540. The second-order valence-electron chi connectivity index (χ2n) is 4.65. The molecule has 7 heteroatoms. The number of aliphatic hydroxyl groups is 1. The van der Waals surface area contributed by atoms with Crippen molar-refractivity contribution in [2.45, 2.75) is 44.2 Å². The van der Waals surface area contributed by atoms with Crippen molar-refractivity contribution >= 4 is 17.7 Å². The molecule has 0 aliphatic carbocycles. The first-order valence-corrected chi connectivity index (χ1v) is 7.73. The predicted molar refractivity (Wildman–Crippen MR) is 79.2 cm³/mol. The van der Waals surface area contributed by atoms with Crippen LogP contribution in [0.15, 0.2) is 9.82 Å². The number of carbonyl (C=O) groups excluding carboxylic acids is 1. The van der Waals surface area contributed by atoms with Gasteiger partial charge in [0.15, 0.2) is 0 Å². The van der Waals surface area contributed by atoms with Gasteiger partial charge in [0, 0.05) is 5.69 Å². The molecule has 3 N–H and O–H groups in total.